The van der Waals surface area contributed by atoms with Crippen molar-refractivity contribution < 1.29 is 14.3 Å². The fraction of sp³-hybridized carbons (Fsp3) is 0.467. The van der Waals surface area contributed by atoms with Crippen molar-refractivity contribution in [1.82, 2.24) is 5.32 Å². The lowest BCUT2D eigenvalue weighted by Crippen LogP contribution is -2.38. The summed E-state index contributed by atoms with van der Waals surface area (Å²) in [4.78, 5) is 24.0. The molecule has 0 aromatic heterocycles. The van der Waals surface area contributed by atoms with Gasteiger partial charge in [0.1, 0.15) is 0 Å². The van der Waals surface area contributed by atoms with Gasteiger partial charge in [0.15, 0.2) is 0 Å². The molecule has 0 aliphatic carbocycles. The average molecular weight is 274 g/mol. The van der Waals surface area contributed by atoms with Gasteiger partial charge < -0.3 is 15.4 Å². The number of ether oxygens (including phenoxy) is 1. The van der Waals surface area contributed by atoms with Gasteiger partial charge in [-0.05, 0) is 24.5 Å². The minimum Gasteiger partial charge on any atom is -0.376 e. The zero-order valence-corrected chi connectivity index (χ0v) is 11.2. The summed E-state index contributed by atoms with van der Waals surface area (Å²) in [6, 6.07) is 7.46. The number of fused-ring (bicyclic) bond motifs is 1. The first-order chi connectivity index (χ1) is 9.74. The van der Waals surface area contributed by atoms with Gasteiger partial charge in [0.2, 0.25) is 11.8 Å². The lowest BCUT2D eigenvalue weighted by Gasteiger charge is -2.25. The normalized spacial score (nSPS) is 24.9. The van der Waals surface area contributed by atoms with Gasteiger partial charge in [0.05, 0.1) is 12.0 Å². The van der Waals surface area contributed by atoms with Crippen LogP contribution in [0.25, 0.3) is 0 Å². The number of anilines is 1. The summed E-state index contributed by atoms with van der Waals surface area (Å²) in [5.41, 5.74) is 1.62. The van der Waals surface area contributed by atoms with E-state index in [1.165, 1.54) is 0 Å². The number of nitrogens with one attached hydrogen (secondary N) is 2. The van der Waals surface area contributed by atoms with Crippen molar-refractivity contribution in [2.24, 2.45) is 0 Å². The number of carbonyl (C=O) groups excluding carboxylic acids is 2. The molecule has 1 aromatic carbocycles. The second kappa shape index (κ2) is 5.63. The molecule has 0 bridgehead atoms. The summed E-state index contributed by atoms with van der Waals surface area (Å²) in [5, 5.41) is 5.71. The van der Waals surface area contributed by atoms with E-state index in [4.69, 9.17) is 4.74 Å². The second-order valence-corrected chi connectivity index (χ2v) is 5.27. The van der Waals surface area contributed by atoms with Gasteiger partial charge in [-0.15, -0.1) is 0 Å². The third kappa shape index (κ3) is 2.67. The molecule has 2 aliphatic heterocycles. The van der Waals surface area contributed by atoms with Gasteiger partial charge in [0.25, 0.3) is 0 Å². The fourth-order valence-electron chi connectivity index (χ4n) is 2.79. The van der Waals surface area contributed by atoms with E-state index < -0.39 is 5.92 Å². The highest BCUT2D eigenvalue weighted by Crippen LogP contribution is 2.31. The number of carbonyl (C=O) groups is 2. The third-order valence-electron chi connectivity index (χ3n) is 3.84. The fourth-order valence-corrected chi connectivity index (χ4v) is 2.79. The van der Waals surface area contributed by atoms with E-state index in [0.717, 1.165) is 30.7 Å². The summed E-state index contributed by atoms with van der Waals surface area (Å²) in [7, 11) is 0. The van der Waals surface area contributed by atoms with E-state index in [9.17, 15) is 9.59 Å². The topological polar surface area (TPSA) is 67.4 Å². The predicted molar refractivity (Wildman–Crippen MR) is 74.4 cm³/mol. The van der Waals surface area contributed by atoms with Crippen molar-refractivity contribution in [3.63, 3.8) is 0 Å². The van der Waals surface area contributed by atoms with Crippen molar-refractivity contribution in [2.45, 2.75) is 31.3 Å². The number of hydrogen-bond acceptors (Lipinski definition) is 3. The van der Waals surface area contributed by atoms with E-state index in [1.807, 2.05) is 24.3 Å². The molecule has 1 aromatic rings. The van der Waals surface area contributed by atoms with Gasteiger partial charge in [-0.1, -0.05) is 18.2 Å². The predicted octanol–water partition coefficient (Wildman–Crippen LogP) is 1.41. The van der Waals surface area contributed by atoms with Crippen LogP contribution >= 0.6 is 0 Å². The molecular formula is C15H18N2O3. The summed E-state index contributed by atoms with van der Waals surface area (Å²) >= 11 is 0. The van der Waals surface area contributed by atoms with Gasteiger partial charge in [0, 0.05) is 25.3 Å². The van der Waals surface area contributed by atoms with Crippen LogP contribution in [0.15, 0.2) is 24.3 Å². The van der Waals surface area contributed by atoms with E-state index in [-0.39, 0.29) is 24.3 Å². The van der Waals surface area contributed by atoms with Crippen LogP contribution in [-0.2, 0) is 14.3 Å². The van der Waals surface area contributed by atoms with E-state index >= 15 is 0 Å². The zero-order chi connectivity index (χ0) is 13.9. The first-order valence-electron chi connectivity index (χ1n) is 7.02. The molecule has 20 heavy (non-hydrogen) atoms. The highest BCUT2D eigenvalue weighted by molar-refractivity contribution is 6.01. The molecule has 0 spiro atoms. The van der Waals surface area contributed by atoms with Crippen molar-refractivity contribution in [3.8, 4) is 0 Å². The minimum atomic E-state index is -0.402. The summed E-state index contributed by atoms with van der Waals surface area (Å²) < 4.78 is 5.49. The Morgan fingerprint density at radius 2 is 2.25 bits per heavy atom. The van der Waals surface area contributed by atoms with Crippen LogP contribution in [0.4, 0.5) is 5.69 Å². The maximum atomic E-state index is 12.3. The van der Waals surface area contributed by atoms with Crippen LogP contribution in [0.3, 0.4) is 0 Å². The largest absolute Gasteiger partial charge is 0.376 e. The van der Waals surface area contributed by atoms with E-state index in [0.29, 0.717) is 6.54 Å². The lowest BCUT2D eigenvalue weighted by molar-refractivity contribution is -0.126. The zero-order valence-electron chi connectivity index (χ0n) is 11.2. The van der Waals surface area contributed by atoms with Gasteiger partial charge >= 0.3 is 0 Å². The Balaban J connectivity index is 1.69. The SMILES string of the molecule is O=C1C[C@@H](C(=O)NC[C@@H]2CCCO2)c2ccccc2N1. The second-order valence-electron chi connectivity index (χ2n) is 5.27. The molecule has 106 valence electrons. The van der Waals surface area contributed by atoms with Crippen LogP contribution < -0.4 is 10.6 Å². The summed E-state index contributed by atoms with van der Waals surface area (Å²) in [5.74, 6) is -0.606. The first-order valence-corrected chi connectivity index (χ1v) is 7.02. The molecule has 1 fully saturated rings. The molecule has 0 radical (unpaired) electrons. The molecule has 0 unspecified atom stereocenters. The van der Waals surface area contributed by atoms with Crippen molar-refractivity contribution in [3.05, 3.63) is 29.8 Å². The molecule has 2 N–H and O–H groups in total. The standard InChI is InChI=1S/C15H18N2O3/c18-14-8-12(11-5-1-2-6-13(11)17-14)15(19)16-9-10-4-3-7-20-10/h1-2,5-6,10,12H,3-4,7-9H2,(H,16,19)(H,17,18)/t10-,12+/m0/s1. The number of amides is 2. The van der Waals surface area contributed by atoms with E-state index in [1.54, 1.807) is 0 Å². The molecule has 3 rings (SSSR count). The molecule has 5 nitrogen and oxygen atoms in total. The maximum Gasteiger partial charge on any atom is 0.228 e. The lowest BCUT2D eigenvalue weighted by atomic mass is 9.90. The number of para-hydroxylation sites is 1. The Hall–Kier alpha value is -1.88. The van der Waals surface area contributed by atoms with Gasteiger partial charge in [-0.2, -0.15) is 0 Å². The Morgan fingerprint density at radius 1 is 1.40 bits per heavy atom. The quantitative estimate of drug-likeness (QED) is 0.875. The molecule has 2 amide bonds. The van der Waals surface area contributed by atoms with Crippen LogP contribution in [0, 0.1) is 0 Å². The molecule has 2 heterocycles. The Bertz CT molecular complexity index is 524. The minimum absolute atomic E-state index is 0.0946. The Kier molecular flexibility index (Phi) is 3.69. The van der Waals surface area contributed by atoms with Crippen LogP contribution in [0.1, 0.15) is 30.7 Å². The summed E-state index contributed by atoms with van der Waals surface area (Å²) in [6.07, 6.45) is 2.36. The van der Waals surface area contributed by atoms with Crippen LogP contribution in [-0.4, -0.2) is 31.1 Å². The van der Waals surface area contributed by atoms with E-state index in [2.05, 4.69) is 10.6 Å². The average Bonchev–Trinajstić information content (AvgIpc) is 2.97. The third-order valence-corrected chi connectivity index (χ3v) is 3.84. The first kappa shape index (κ1) is 13.1. The van der Waals surface area contributed by atoms with Crippen LogP contribution in [0.5, 0.6) is 0 Å². The highest BCUT2D eigenvalue weighted by Gasteiger charge is 2.30. The van der Waals surface area contributed by atoms with Gasteiger partial charge in [-0.25, -0.2) is 0 Å². The maximum absolute atomic E-state index is 12.3. The molecule has 5 heteroatoms. The molecule has 2 aliphatic rings. The highest BCUT2D eigenvalue weighted by atomic mass is 16.5. The van der Waals surface area contributed by atoms with Crippen molar-refractivity contribution in [2.75, 3.05) is 18.5 Å². The Labute approximate surface area is 117 Å². The monoisotopic (exact) mass is 274 g/mol. The van der Waals surface area contributed by atoms with Crippen molar-refractivity contribution >= 4 is 17.5 Å². The number of rotatable bonds is 3. The van der Waals surface area contributed by atoms with Crippen molar-refractivity contribution in [1.29, 1.82) is 0 Å². The number of hydrogen-bond donors (Lipinski definition) is 2. The number of benzene rings is 1. The van der Waals surface area contributed by atoms with Gasteiger partial charge in [-0.3, -0.25) is 9.59 Å². The molecule has 0 saturated carbocycles. The Morgan fingerprint density at radius 3 is 3.05 bits per heavy atom. The van der Waals surface area contributed by atoms with Crippen LogP contribution in [0.2, 0.25) is 0 Å². The smallest absolute Gasteiger partial charge is 0.228 e. The molecular weight excluding hydrogens is 256 g/mol. The molecule has 2 atom stereocenters. The summed E-state index contributed by atoms with van der Waals surface area (Å²) in [6.45, 7) is 1.30. The molecule has 1 saturated heterocycles.